The first-order chi connectivity index (χ1) is 15.4. The van der Waals surface area contributed by atoms with E-state index in [1.807, 2.05) is 62.5 Å². The van der Waals surface area contributed by atoms with Crippen LogP contribution < -0.4 is 4.74 Å². The Morgan fingerprint density at radius 3 is 2.75 bits per heavy atom. The predicted molar refractivity (Wildman–Crippen MR) is 125 cm³/mol. The Balaban J connectivity index is 1.43. The highest BCUT2D eigenvalue weighted by Crippen LogP contribution is 2.44. The van der Waals surface area contributed by atoms with Gasteiger partial charge >= 0.3 is 0 Å². The van der Waals surface area contributed by atoms with Crippen LogP contribution in [0.3, 0.4) is 0 Å². The molecule has 0 aliphatic carbocycles. The molecular weight excluding hydrogens is 424 g/mol. The van der Waals surface area contributed by atoms with Crippen molar-refractivity contribution in [2.45, 2.75) is 77.3 Å². The topological polar surface area (TPSA) is 60.9 Å². The molecule has 2 saturated heterocycles. The van der Waals surface area contributed by atoms with Crippen LogP contribution in [-0.2, 0) is 9.47 Å². The Morgan fingerprint density at radius 1 is 1.34 bits per heavy atom. The van der Waals surface area contributed by atoms with E-state index in [9.17, 15) is 4.79 Å². The van der Waals surface area contributed by atoms with Gasteiger partial charge in [-0.3, -0.25) is 9.78 Å². The molecule has 1 spiro atoms. The number of nitrogens with zero attached hydrogens (tertiary/aromatic N) is 2. The number of carbonyl (C=O) groups is 1. The number of amides is 1. The lowest BCUT2D eigenvalue weighted by atomic mass is 9.81. The van der Waals surface area contributed by atoms with Gasteiger partial charge in [0.1, 0.15) is 5.75 Å². The number of aryl methyl sites for hydroxylation is 1. The second kappa shape index (κ2) is 9.89. The summed E-state index contributed by atoms with van der Waals surface area (Å²) in [7, 11) is 0. The van der Waals surface area contributed by atoms with E-state index in [4.69, 9.17) is 14.2 Å². The third-order valence-electron chi connectivity index (χ3n) is 6.39. The average molecular weight is 459 g/mol. The van der Waals surface area contributed by atoms with Crippen LogP contribution >= 0.6 is 11.3 Å². The number of rotatable bonds is 6. The zero-order valence-corrected chi connectivity index (χ0v) is 20.3. The Hall–Kier alpha value is -1.96. The lowest BCUT2D eigenvalue weighted by Crippen LogP contribution is -2.52. The molecule has 2 atom stereocenters. The fraction of sp³-hybridized carbons (Fsp3) is 0.600. The quantitative estimate of drug-likeness (QED) is 0.598. The van der Waals surface area contributed by atoms with Crippen LogP contribution in [0.25, 0.3) is 0 Å². The molecule has 0 bridgehead atoms. The molecule has 0 unspecified atom stereocenters. The van der Waals surface area contributed by atoms with E-state index in [-0.39, 0.29) is 29.8 Å². The van der Waals surface area contributed by atoms with Crippen molar-refractivity contribution in [3.8, 4) is 5.75 Å². The highest BCUT2D eigenvalue weighted by atomic mass is 32.1. The van der Waals surface area contributed by atoms with Crippen LogP contribution in [0.4, 0.5) is 0 Å². The molecule has 1 aromatic carbocycles. The number of hydrogen-bond donors (Lipinski definition) is 0. The number of thiazole rings is 1. The zero-order chi connectivity index (χ0) is 22.7. The minimum Gasteiger partial charge on any atom is -0.491 e. The first kappa shape index (κ1) is 23.2. The van der Waals surface area contributed by atoms with Crippen LogP contribution in [0, 0.1) is 6.92 Å². The van der Waals surface area contributed by atoms with Crippen molar-refractivity contribution in [2.24, 2.45) is 0 Å². The van der Waals surface area contributed by atoms with Gasteiger partial charge in [0.15, 0.2) is 0 Å². The smallest absolute Gasteiger partial charge is 0.253 e. The number of piperidine rings is 1. The number of ether oxygens (including phenoxy) is 3. The van der Waals surface area contributed by atoms with E-state index >= 15 is 0 Å². The van der Waals surface area contributed by atoms with Crippen molar-refractivity contribution in [1.29, 1.82) is 0 Å². The monoisotopic (exact) mass is 458 g/mol. The highest BCUT2D eigenvalue weighted by Gasteiger charge is 2.45. The van der Waals surface area contributed by atoms with Gasteiger partial charge in [0.2, 0.25) is 0 Å². The van der Waals surface area contributed by atoms with E-state index in [0.29, 0.717) is 25.3 Å². The first-order valence-corrected chi connectivity index (χ1v) is 12.5. The summed E-state index contributed by atoms with van der Waals surface area (Å²) in [6.07, 6.45) is 5.62. The number of aromatic nitrogens is 1. The molecule has 32 heavy (non-hydrogen) atoms. The van der Waals surface area contributed by atoms with Crippen LogP contribution in [0.15, 0.2) is 29.9 Å². The maximum absolute atomic E-state index is 13.2. The molecule has 2 aromatic rings. The van der Waals surface area contributed by atoms with Gasteiger partial charge in [-0.15, -0.1) is 11.3 Å². The van der Waals surface area contributed by atoms with Crippen molar-refractivity contribution in [2.75, 3.05) is 19.7 Å². The largest absolute Gasteiger partial charge is 0.491 e. The minimum atomic E-state index is -0.242. The molecule has 0 saturated carbocycles. The number of carbonyl (C=O) groups excluding carboxylic acids is 1. The second-order valence-corrected chi connectivity index (χ2v) is 10.1. The van der Waals surface area contributed by atoms with E-state index in [1.165, 1.54) is 0 Å². The summed E-state index contributed by atoms with van der Waals surface area (Å²) in [6, 6.07) is 5.72. The van der Waals surface area contributed by atoms with E-state index in [0.717, 1.165) is 41.9 Å². The normalized spacial score (nSPS) is 23.0. The van der Waals surface area contributed by atoms with Crippen molar-refractivity contribution in [1.82, 2.24) is 9.88 Å². The van der Waals surface area contributed by atoms with Crippen molar-refractivity contribution in [3.05, 3.63) is 45.9 Å². The van der Waals surface area contributed by atoms with Gasteiger partial charge in [0, 0.05) is 44.3 Å². The molecule has 6 nitrogen and oxygen atoms in total. The molecule has 1 aromatic heterocycles. The molecule has 2 aliphatic heterocycles. The van der Waals surface area contributed by atoms with Crippen LogP contribution in [0.1, 0.15) is 73.4 Å². The molecule has 2 aliphatic rings. The van der Waals surface area contributed by atoms with Gasteiger partial charge in [0.05, 0.1) is 34.3 Å². The zero-order valence-electron chi connectivity index (χ0n) is 19.5. The maximum atomic E-state index is 13.2. The Bertz CT molecular complexity index is 907. The summed E-state index contributed by atoms with van der Waals surface area (Å²) in [5, 5.41) is 0. The molecule has 174 valence electrons. The second-order valence-electron chi connectivity index (χ2n) is 9.15. The summed E-state index contributed by atoms with van der Waals surface area (Å²) in [5.41, 5.74) is 3.32. The van der Waals surface area contributed by atoms with E-state index in [1.54, 1.807) is 11.3 Å². The number of hydrogen-bond acceptors (Lipinski definition) is 6. The van der Waals surface area contributed by atoms with Gasteiger partial charge in [-0.05, 0) is 64.3 Å². The highest BCUT2D eigenvalue weighted by molar-refractivity contribution is 7.09. The van der Waals surface area contributed by atoms with Crippen LogP contribution in [-0.4, -0.2) is 53.3 Å². The standard InChI is InChI=1S/C25H34N2O4S/c1-5-29-20-13-22(23-15-26-16-32-23)31-25(14-20)8-10-27(11-9-25)24(28)19-6-7-21(18(4)12-19)30-17(2)3/h6-7,12,15-17,20,22H,5,8-11,13-14H2,1-4H3/t20-,22-/m1/s1. The summed E-state index contributed by atoms with van der Waals surface area (Å²) >= 11 is 1.64. The van der Waals surface area contributed by atoms with Crippen LogP contribution in [0.5, 0.6) is 5.75 Å². The lowest BCUT2D eigenvalue weighted by molar-refractivity contribution is -0.189. The van der Waals surface area contributed by atoms with Crippen LogP contribution in [0.2, 0.25) is 0 Å². The molecule has 3 heterocycles. The average Bonchev–Trinajstić information content (AvgIpc) is 3.30. The van der Waals surface area contributed by atoms with Crippen molar-refractivity contribution in [3.63, 3.8) is 0 Å². The maximum Gasteiger partial charge on any atom is 0.253 e. The van der Waals surface area contributed by atoms with Crippen molar-refractivity contribution >= 4 is 17.2 Å². The van der Waals surface area contributed by atoms with Gasteiger partial charge in [-0.25, -0.2) is 0 Å². The predicted octanol–water partition coefficient (Wildman–Crippen LogP) is 5.17. The molecule has 0 N–H and O–H groups in total. The molecule has 2 fully saturated rings. The van der Waals surface area contributed by atoms with Gasteiger partial charge < -0.3 is 19.1 Å². The minimum absolute atomic E-state index is 0.0196. The Labute approximate surface area is 194 Å². The molecule has 7 heteroatoms. The van der Waals surface area contributed by atoms with Gasteiger partial charge in [-0.1, -0.05) is 0 Å². The van der Waals surface area contributed by atoms with E-state index < -0.39 is 0 Å². The summed E-state index contributed by atoms with van der Waals surface area (Å²) in [6.45, 7) is 10.1. The summed E-state index contributed by atoms with van der Waals surface area (Å²) in [4.78, 5) is 20.5. The Kier molecular flexibility index (Phi) is 7.17. The summed E-state index contributed by atoms with van der Waals surface area (Å²) < 4.78 is 18.5. The third kappa shape index (κ3) is 5.16. The van der Waals surface area contributed by atoms with E-state index in [2.05, 4.69) is 4.98 Å². The van der Waals surface area contributed by atoms with Gasteiger partial charge in [0.25, 0.3) is 5.91 Å². The number of likely N-dealkylation sites (tertiary alicyclic amines) is 1. The van der Waals surface area contributed by atoms with Gasteiger partial charge in [-0.2, -0.15) is 0 Å². The fourth-order valence-corrected chi connectivity index (χ4v) is 5.51. The summed E-state index contributed by atoms with van der Waals surface area (Å²) in [5.74, 6) is 0.913. The Morgan fingerprint density at radius 2 is 2.12 bits per heavy atom. The molecular formula is C25H34N2O4S. The molecule has 4 rings (SSSR count). The SMILES string of the molecule is CCO[C@@H]1C[C@H](c2cncs2)OC2(CCN(C(=O)c3ccc(OC(C)C)c(C)c3)CC2)C1. The number of benzene rings is 1. The third-order valence-corrected chi connectivity index (χ3v) is 7.25. The fourth-order valence-electron chi connectivity index (χ4n) is 4.85. The lowest BCUT2D eigenvalue weighted by Gasteiger charge is -2.48. The van der Waals surface area contributed by atoms with Crippen molar-refractivity contribution < 1.29 is 19.0 Å². The molecule has 0 radical (unpaired) electrons. The first-order valence-electron chi connectivity index (χ1n) is 11.6. The molecule has 1 amide bonds.